The van der Waals surface area contributed by atoms with Gasteiger partial charge in [0.25, 0.3) is 0 Å². The van der Waals surface area contributed by atoms with E-state index in [1.54, 1.807) is 7.11 Å². The van der Waals surface area contributed by atoms with Gasteiger partial charge >= 0.3 is 5.97 Å². The molecule has 3 aliphatic rings. The van der Waals surface area contributed by atoms with Crippen LogP contribution in [0.4, 0.5) is 0 Å². The second-order valence-electron chi connectivity index (χ2n) is 9.94. The van der Waals surface area contributed by atoms with Crippen LogP contribution in [0.2, 0.25) is 0 Å². The summed E-state index contributed by atoms with van der Waals surface area (Å²) < 4.78 is 22.5. The summed E-state index contributed by atoms with van der Waals surface area (Å²) >= 11 is 0. The van der Waals surface area contributed by atoms with E-state index in [0.29, 0.717) is 34.0 Å². The van der Waals surface area contributed by atoms with Crippen LogP contribution in [-0.2, 0) is 14.4 Å². The number of methoxy groups -OCH3 is 2. The molecule has 9 heteroatoms. The molecule has 0 N–H and O–H groups in total. The van der Waals surface area contributed by atoms with Crippen molar-refractivity contribution in [3.63, 3.8) is 0 Å². The van der Waals surface area contributed by atoms with E-state index < -0.39 is 11.8 Å². The molecule has 7 rings (SSSR count). The zero-order valence-corrected chi connectivity index (χ0v) is 21.4. The molecule has 4 aromatic rings. The second kappa shape index (κ2) is 8.31. The minimum absolute atomic E-state index is 0.140. The van der Waals surface area contributed by atoms with Crippen molar-refractivity contribution in [1.82, 2.24) is 9.97 Å². The number of hydrogen-bond donors (Lipinski definition) is 0. The first-order chi connectivity index (χ1) is 18.5. The molecule has 1 aromatic heterocycles. The summed E-state index contributed by atoms with van der Waals surface area (Å²) in [6.07, 6.45) is 0. The molecule has 0 unspecified atom stereocenters. The van der Waals surface area contributed by atoms with E-state index in [9.17, 15) is 4.79 Å². The molecular formula is C29H25N3O6. The highest BCUT2D eigenvalue weighted by molar-refractivity contribution is 6.08. The zero-order valence-electron chi connectivity index (χ0n) is 21.4. The maximum absolute atomic E-state index is 13.4. The van der Waals surface area contributed by atoms with Gasteiger partial charge in [-0.15, -0.1) is 0 Å². The maximum Gasteiger partial charge on any atom is 0.310 e. The Morgan fingerprint density at radius 2 is 1.66 bits per heavy atom. The molecule has 3 aromatic carbocycles. The molecule has 3 heterocycles. The highest BCUT2D eigenvalue weighted by Crippen LogP contribution is 2.50. The first kappa shape index (κ1) is 22.8. The van der Waals surface area contributed by atoms with Crippen molar-refractivity contribution < 1.29 is 28.6 Å². The van der Waals surface area contributed by atoms with Crippen LogP contribution in [0.15, 0.2) is 41.6 Å². The van der Waals surface area contributed by atoms with Crippen LogP contribution >= 0.6 is 0 Å². The van der Waals surface area contributed by atoms with Gasteiger partial charge in [0.1, 0.15) is 17.9 Å². The van der Waals surface area contributed by atoms with Crippen LogP contribution in [0.3, 0.4) is 0 Å². The van der Waals surface area contributed by atoms with Gasteiger partial charge in [0.15, 0.2) is 11.5 Å². The van der Waals surface area contributed by atoms with E-state index in [0.717, 1.165) is 38.9 Å². The minimum Gasteiger partial charge on any atom is -0.494 e. The van der Waals surface area contributed by atoms with E-state index in [1.165, 1.54) is 7.11 Å². The Kier molecular flexibility index (Phi) is 4.98. The predicted octanol–water partition coefficient (Wildman–Crippen LogP) is 4.42. The van der Waals surface area contributed by atoms with Gasteiger partial charge in [-0.25, -0.2) is 9.97 Å². The second-order valence-corrected chi connectivity index (χ2v) is 9.94. The average molecular weight is 512 g/mol. The van der Waals surface area contributed by atoms with Crippen molar-refractivity contribution >= 4 is 33.7 Å². The smallest absolute Gasteiger partial charge is 0.310 e. The van der Waals surface area contributed by atoms with Crippen molar-refractivity contribution in [3.8, 4) is 17.2 Å². The Morgan fingerprint density at radius 1 is 0.921 bits per heavy atom. The Hall–Kier alpha value is -4.40. The summed E-state index contributed by atoms with van der Waals surface area (Å²) in [7, 11) is 3.02. The molecule has 0 saturated heterocycles. The van der Waals surface area contributed by atoms with Gasteiger partial charge in [0.2, 0.25) is 6.79 Å². The quantitative estimate of drug-likeness (QED) is 0.294. The molecule has 2 aliphatic heterocycles. The topological polar surface area (TPSA) is 101 Å². The van der Waals surface area contributed by atoms with Gasteiger partial charge in [-0.3, -0.25) is 4.79 Å². The number of hydrogen-bond acceptors (Lipinski definition) is 9. The molecule has 0 fully saturated rings. The molecule has 0 radical (unpaired) electrons. The molecule has 0 saturated carbocycles. The van der Waals surface area contributed by atoms with Gasteiger partial charge < -0.3 is 23.8 Å². The highest BCUT2D eigenvalue weighted by Gasteiger charge is 2.49. The number of nitrogens with zero attached hydrogens (tertiary/aromatic N) is 3. The Balaban J connectivity index is 1.50. The van der Waals surface area contributed by atoms with E-state index in [4.69, 9.17) is 33.8 Å². The van der Waals surface area contributed by atoms with Crippen LogP contribution in [0.1, 0.15) is 33.7 Å². The molecule has 0 amide bonds. The third-order valence-corrected chi connectivity index (χ3v) is 7.91. The fraction of sp³-hybridized carbons (Fsp3) is 0.310. The van der Waals surface area contributed by atoms with Crippen molar-refractivity contribution in [1.29, 1.82) is 0 Å². The number of rotatable bonds is 3. The third-order valence-electron chi connectivity index (χ3n) is 7.91. The Bertz CT molecular complexity index is 1700. The van der Waals surface area contributed by atoms with Crippen LogP contribution in [0, 0.1) is 25.7 Å². The van der Waals surface area contributed by atoms with Crippen molar-refractivity contribution in [2.75, 3.05) is 27.6 Å². The Labute approximate surface area is 218 Å². The number of ether oxygens (including phenoxy) is 4. The number of oxime groups is 1. The largest absolute Gasteiger partial charge is 0.494 e. The van der Waals surface area contributed by atoms with Crippen LogP contribution in [0.25, 0.3) is 22.1 Å². The van der Waals surface area contributed by atoms with Crippen molar-refractivity contribution in [2.45, 2.75) is 19.8 Å². The monoisotopic (exact) mass is 511 g/mol. The van der Waals surface area contributed by atoms with E-state index in [1.807, 2.05) is 36.4 Å². The van der Waals surface area contributed by atoms with Crippen LogP contribution in [0.5, 0.6) is 17.2 Å². The lowest BCUT2D eigenvalue weighted by atomic mass is 9.65. The lowest BCUT2D eigenvalue weighted by molar-refractivity contribution is -0.147. The molecule has 0 bridgehead atoms. The number of carbonyl (C=O) groups is 1. The zero-order chi connectivity index (χ0) is 26.1. The van der Waals surface area contributed by atoms with Gasteiger partial charge in [-0.1, -0.05) is 5.16 Å². The average Bonchev–Trinajstić information content (AvgIpc) is 3.59. The van der Waals surface area contributed by atoms with Crippen molar-refractivity contribution in [3.05, 3.63) is 64.2 Å². The summed E-state index contributed by atoms with van der Waals surface area (Å²) in [5.74, 6) is 0.263. The number of aryl methyl sites for hydroxylation is 2. The predicted molar refractivity (Wildman–Crippen MR) is 139 cm³/mol. The lowest BCUT2D eigenvalue weighted by Crippen LogP contribution is -2.40. The Morgan fingerprint density at radius 3 is 2.39 bits per heavy atom. The molecular weight excluding hydrogens is 486 g/mol. The molecule has 1 aliphatic carbocycles. The highest BCUT2D eigenvalue weighted by atomic mass is 16.7. The molecule has 38 heavy (non-hydrogen) atoms. The van der Waals surface area contributed by atoms with E-state index >= 15 is 0 Å². The fourth-order valence-electron chi connectivity index (χ4n) is 5.90. The SMILES string of the molecule is COC(=O)[C@@H]1[C@H](c2cc(OC)c3nc4cc(C)c(C)cc4nc3c2)c2cc3c(cc2C2=NOC[C@H]21)OCO3. The summed E-state index contributed by atoms with van der Waals surface area (Å²) in [5.41, 5.74) is 8.57. The van der Waals surface area contributed by atoms with Crippen LogP contribution in [-0.4, -0.2) is 49.3 Å². The van der Waals surface area contributed by atoms with Gasteiger partial charge in [-0.2, -0.15) is 0 Å². The first-order valence-corrected chi connectivity index (χ1v) is 12.4. The number of fused-ring (bicyclic) bond motifs is 6. The van der Waals surface area contributed by atoms with Gasteiger partial charge in [-0.05, 0) is 72.5 Å². The third kappa shape index (κ3) is 3.24. The number of aromatic nitrogens is 2. The van der Waals surface area contributed by atoms with E-state index in [-0.39, 0.29) is 25.3 Å². The normalized spacial score (nSPS) is 21.1. The van der Waals surface area contributed by atoms with Crippen molar-refractivity contribution in [2.24, 2.45) is 17.0 Å². The molecule has 0 spiro atoms. The first-order valence-electron chi connectivity index (χ1n) is 12.4. The summed E-state index contributed by atoms with van der Waals surface area (Å²) in [5, 5.41) is 4.32. The standard InChI is InChI=1S/C29H25N3O6/c1-13-5-19-20(6-14(13)2)31-28-21(30-19)7-15(8-24(28)34-3)25-16-9-22-23(37-12-36-22)10-17(16)27-18(11-38-32-27)26(25)29(33)35-4/h5-10,18,25-26H,11-12H2,1-4H3/t18-,25+,26-/m0/s1. The summed E-state index contributed by atoms with van der Waals surface area (Å²) in [6, 6.07) is 11.9. The van der Waals surface area contributed by atoms with E-state index in [2.05, 4.69) is 19.0 Å². The summed E-state index contributed by atoms with van der Waals surface area (Å²) in [6.45, 7) is 4.54. The van der Waals surface area contributed by atoms with Gasteiger partial charge in [0.05, 0.1) is 48.3 Å². The number of benzene rings is 3. The molecule has 3 atom stereocenters. The number of esters is 1. The fourth-order valence-corrected chi connectivity index (χ4v) is 5.90. The summed E-state index contributed by atoms with van der Waals surface area (Å²) in [4.78, 5) is 28.7. The number of carbonyl (C=O) groups excluding carboxylic acids is 1. The molecule has 9 nitrogen and oxygen atoms in total. The molecule has 192 valence electrons. The minimum atomic E-state index is -0.574. The van der Waals surface area contributed by atoms with Crippen LogP contribution < -0.4 is 14.2 Å². The van der Waals surface area contributed by atoms with Gasteiger partial charge in [0, 0.05) is 11.5 Å². The lowest BCUT2D eigenvalue weighted by Gasteiger charge is -2.36. The maximum atomic E-state index is 13.4.